The van der Waals surface area contributed by atoms with Gasteiger partial charge < -0.3 is 4.74 Å². The summed E-state index contributed by atoms with van der Waals surface area (Å²) in [5.41, 5.74) is 0. The van der Waals surface area contributed by atoms with Crippen molar-refractivity contribution in [2.24, 2.45) is 5.92 Å². The van der Waals surface area contributed by atoms with Gasteiger partial charge in [-0.1, -0.05) is 19.3 Å². The van der Waals surface area contributed by atoms with Gasteiger partial charge in [-0.3, -0.25) is 4.79 Å². The Morgan fingerprint density at radius 3 is 2.67 bits per heavy atom. The second-order valence-corrected chi connectivity index (χ2v) is 4.02. The lowest BCUT2D eigenvalue weighted by Crippen LogP contribution is -2.20. The minimum absolute atomic E-state index is 0.0176. The summed E-state index contributed by atoms with van der Waals surface area (Å²) in [5, 5.41) is 0. The van der Waals surface area contributed by atoms with Gasteiger partial charge in [-0.2, -0.15) is 0 Å². The van der Waals surface area contributed by atoms with Gasteiger partial charge in [-0.05, 0) is 19.1 Å². The molecule has 0 spiro atoms. The lowest BCUT2D eigenvalue weighted by molar-refractivity contribution is -0.147. The maximum absolute atomic E-state index is 11.3. The van der Waals surface area contributed by atoms with Gasteiger partial charge in [0, 0.05) is 0 Å². The van der Waals surface area contributed by atoms with Crippen LogP contribution < -0.4 is 0 Å². The van der Waals surface area contributed by atoms with Crippen LogP contribution in [0.1, 0.15) is 32.1 Å². The summed E-state index contributed by atoms with van der Waals surface area (Å²) in [6.07, 6.45) is 7.68. The molecule has 2 nitrogen and oxygen atoms in total. The molecule has 0 bridgehead atoms. The van der Waals surface area contributed by atoms with Crippen LogP contribution in [0.5, 0.6) is 0 Å². The fraction of sp³-hybridized carbons (Fsp3) is 0.889. The van der Waals surface area contributed by atoms with Crippen LogP contribution in [0.3, 0.4) is 0 Å². The number of thioether (sulfide) groups is 1. The van der Waals surface area contributed by atoms with E-state index in [1.54, 1.807) is 11.8 Å². The zero-order valence-electron chi connectivity index (χ0n) is 7.54. The molecular weight excluding hydrogens is 172 g/mol. The summed E-state index contributed by atoms with van der Waals surface area (Å²) in [4.78, 5) is 11.3. The van der Waals surface area contributed by atoms with E-state index in [4.69, 9.17) is 4.74 Å². The molecule has 0 aromatic carbocycles. The van der Waals surface area contributed by atoms with Crippen LogP contribution >= 0.6 is 11.8 Å². The van der Waals surface area contributed by atoms with Crippen LogP contribution in [0, 0.1) is 5.92 Å². The number of ether oxygens (including phenoxy) is 1. The smallest absolute Gasteiger partial charge is 0.309 e. The Bertz CT molecular complexity index is 141. The summed E-state index contributed by atoms with van der Waals surface area (Å²) in [7, 11) is 0. The molecule has 0 aromatic heterocycles. The van der Waals surface area contributed by atoms with Crippen LogP contribution in [0.15, 0.2) is 0 Å². The third-order valence-electron chi connectivity index (χ3n) is 2.26. The molecule has 1 aliphatic carbocycles. The number of carbonyl (C=O) groups is 1. The summed E-state index contributed by atoms with van der Waals surface area (Å²) in [6, 6.07) is 0. The molecule has 1 aliphatic rings. The topological polar surface area (TPSA) is 26.3 Å². The van der Waals surface area contributed by atoms with Gasteiger partial charge in [0.25, 0.3) is 0 Å². The maximum Gasteiger partial charge on any atom is 0.309 e. The zero-order valence-corrected chi connectivity index (χ0v) is 8.36. The van der Waals surface area contributed by atoms with E-state index in [0.29, 0.717) is 5.94 Å². The molecular formula is C9H16O2S. The Morgan fingerprint density at radius 2 is 2.08 bits per heavy atom. The average Bonchev–Trinajstić information content (AvgIpc) is 2.15. The van der Waals surface area contributed by atoms with Gasteiger partial charge in [0.15, 0.2) is 0 Å². The van der Waals surface area contributed by atoms with Crippen molar-refractivity contribution in [3.8, 4) is 0 Å². The average molecular weight is 188 g/mol. The molecule has 0 radical (unpaired) electrons. The molecule has 0 aliphatic heterocycles. The van der Waals surface area contributed by atoms with Crippen molar-refractivity contribution >= 4 is 17.7 Å². The summed E-state index contributed by atoms with van der Waals surface area (Å²) in [6.45, 7) is 0. The molecule has 0 saturated heterocycles. The Hall–Kier alpha value is -0.180. The molecule has 70 valence electrons. The number of rotatable bonds is 3. The number of hydrogen-bond acceptors (Lipinski definition) is 3. The minimum Gasteiger partial charge on any atom is -0.454 e. The van der Waals surface area contributed by atoms with E-state index in [0.717, 1.165) is 12.8 Å². The van der Waals surface area contributed by atoms with E-state index in [1.165, 1.54) is 19.3 Å². The first kappa shape index (κ1) is 9.90. The van der Waals surface area contributed by atoms with E-state index >= 15 is 0 Å². The van der Waals surface area contributed by atoms with Crippen LogP contribution in [0.25, 0.3) is 0 Å². The largest absolute Gasteiger partial charge is 0.454 e. The van der Waals surface area contributed by atoms with Crippen LogP contribution in [-0.4, -0.2) is 18.2 Å². The van der Waals surface area contributed by atoms with Crippen molar-refractivity contribution in [3.05, 3.63) is 0 Å². The highest BCUT2D eigenvalue weighted by Crippen LogP contribution is 2.24. The third-order valence-corrected chi connectivity index (χ3v) is 2.61. The molecule has 12 heavy (non-hydrogen) atoms. The summed E-state index contributed by atoms with van der Waals surface area (Å²) in [5.74, 6) is 0.727. The van der Waals surface area contributed by atoms with Gasteiger partial charge in [0.05, 0.1) is 5.92 Å². The van der Waals surface area contributed by atoms with Crippen molar-refractivity contribution in [1.82, 2.24) is 0 Å². The van der Waals surface area contributed by atoms with Gasteiger partial charge in [0.2, 0.25) is 0 Å². The van der Waals surface area contributed by atoms with Crippen molar-refractivity contribution < 1.29 is 9.53 Å². The predicted molar refractivity (Wildman–Crippen MR) is 51.0 cm³/mol. The fourth-order valence-electron chi connectivity index (χ4n) is 1.57. The van der Waals surface area contributed by atoms with E-state index < -0.39 is 0 Å². The number of hydrogen-bond donors (Lipinski definition) is 0. The first-order valence-corrected chi connectivity index (χ1v) is 5.89. The molecule has 0 N–H and O–H groups in total. The number of esters is 1. The highest BCUT2D eigenvalue weighted by molar-refractivity contribution is 7.98. The van der Waals surface area contributed by atoms with Crippen molar-refractivity contribution in [3.63, 3.8) is 0 Å². The fourth-order valence-corrected chi connectivity index (χ4v) is 1.81. The van der Waals surface area contributed by atoms with Gasteiger partial charge >= 0.3 is 5.97 Å². The lowest BCUT2D eigenvalue weighted by Gasteiger charge is -2.19. The van der Waals surface area contributed by atoms with E-state index in [9.17, 15) is 4.79 Å². The molecule has 1 fully saturated rings. The first-order chi connectivity index (χ1) is 5.84. The molecule has 0 atom stereocenters. The van der Waals surface area contributed by atoms with Crippen LogP contribution in [0.4, 0.5) is 0 Å². The predicted octanol–water partition coefficient (Wildman–Crippen LogP) is 2.43. The van der Waals surface area contributed by atoms with E-state index in [-0.39, 0.29) is 11.9 Å². The molecule has 0 heterocycles. The molecule has 0 amide bonds. The SMILES string of the molecule is CSCOC(=O)C1CCCCC1. The Morgan fingerprint density at radius 1 is 1.42 bits per heavy atom. The highest BCUT2D eigenvalue weighted by atomic mass is 32.2. The maximum atomic E-state index is 11.3. The second kappa shape index (κ2) is 5.46. The van der Waals surface area contributed by atoms with Gasteiger partial charge in [0.1, 0.15) is 5.94 Å². The van der Waals surface area contributed by atoms with Crippen LogP contribution in [0.2, 0.25) is 0 Å². The lowest BCUT2D eigenvalue weighted by atomic mass is 9.89. The molecule has 0 unspecified atom stereocenters. The van der Waals surface area contributed by atoms with Gasteiger partial charge in [-0.25, -0.2) is 0 Å². The monoisotopic (exact) mass is 188 g/mol. The third kappa shape index (κ3) is 3.05. The van der Waals surface area contributed by atoms with Crippen molar-refractivity contribution in [2.45, 2.75) is 32.1 Å². The van der Waals surface area contributed by atoms with Crippen molar-refractivity contribution in [2.75, 3.05) is 12.2 Å². The summed E-state index contributed by atoms with van der Waals surface area (Å²) < 4.78 is 5.05. The molecule has 1 rings (SSSR count). The Labute approximate surface area is 78.1 Å². The zero-order chi connectivity index (χ0) is 8.81. The standard InChI is InChI=1S/C9H16O2S/c1-12-7-11-9(10)8-5-3-2-4-6-8/h8H,2-7H2,1H3. The molecule has 1 saturated carbocycles. The van der Waals surface area contributed by atoms with Gasteiger partial charge in [-0.15, -0.1) is 11.8 Å². The van der Waals surface area contributed by atoms with Crippen LogP contribution in [-0.2, 0) is 9.53 Å². The Balaban J connectivity index is 2.20. The molecule has 3 heteroatoms. The minimum atomic E-state index is 0.0176. The highest BCUT2D eigenvalue weighted by Gasteiger charge is 2.21. The van der Waals surface area contributed by atoms with E-state index in [1.807, 2.05) is 6.26 Å². The van der Waals surface area contributed by atoms with Crippen molar-refractivity contribution in [1.29, 1.82) is 0 Å². The first-order valence-electron chi connectivity index (χ1n) is 4.50. The quantitative estimate of drug-likeness (QED) is 0.502. The van der Waals surface area contributed by atoms with E-state index in [2.05, 4.69) is 0 Å². The number of carbonyl (C=O) groups excluding carboxylic acids is 1. The molecule has 0 aromatic rings. The summed E-state index contributed by atoms with van der Waals surface area (Å²) >= 11 is 1.55. The second-order valence-electron chi connectivity index (χ2n) is 3.20. The Kier molecular flexibility index (Phi) is 4.51. The normalized spacial score (nSPS) is 19.1.